The number of hydrogen-bond acceptors (Lipinski definition) is 6. The molecule has 4 heterocycles. The van der Waals surface area contributed by atoms with Crippen molar-refractivity contribution in [3.05, 3.63) is 35.8 Å². The summed E-state index contributed by atoms with van der Waals surface area (Å²) in [5.41, 5.74) is 3.31. The van der Waals surface area contributed by atoms with Crippen molar-refractivity contribution in [2.75, 3.05) is 37.6 Å². The molecule has 0 spiro atoms. The summed E-state index contributed by atoms with van der Waals surface area (Å²) in [7, 11) is 0. The van der Waals surface area contributed by atoms with Gasteiger partial charge in [-0.1, -0.05) is 0 Å². The monoisotopic (exact) mass is 338 g/mol. The number of carbonyl (C=O) groups excluding carboxylic acids is 1. The van der Waals surface area contributed by atoms with Crippen molar-refractivity contribution in [1.82, 2.24) is 25.6 Å². The molecular formula is C18H22N6O. The predicted molar refractivity (Wildman–Crippen MR) is 95.4 cm³/mol. The van der Waals surface area contributed by atoms with Gasteiger partial charge in [0.15, 0.2) is 5.82 Å². The third-order valence-corrected chi connectivity index (χ3v) is 4.71. The number of amides is 1. The lowest BCUT2D eigenvalue weighted by atomic mass is 10.1. The molecule has 2 aliphatic heterocycles. The molecule has 0 saturated carbocycles. The quantitative estimate of drug-likeness (QED) is 0.832. The molecule has 25 heavy (non-hydrogen) atoms. The average Bonchev–Trinajstić information content (AvgIpc) is 3.01. The highest BCUT2D eigenvalue weighted by molar-refractivity contribution is 5.77. The SMILES string of the molecule is O=C1CCN(c2nc(-c3ccncc3)nc3c2CCNCC3)CCN1. The van der Waals surface area contributed by atoms with Gasteiger partial charge in [-0.05, 0) is 25.1 Å². The first-order valence-electron chi connectivity index (χ1n) is 8.84. The molecular weight excluding hydrogens is 316 g/mol. The Kier molecular flexibility index (Phi) is 4.56. The number of nitrogens with one attached hydrogen (secondary N) is 2. The van der Waals surface area contributed by atoms with E-state index < -0.39 is 0 Å². The molecule has 2 N–H and O–H groups in total. The molecule has 1 saturated heterocycles. The third-order valence-electron chi connectivity index (χ3n) is 4.71. The fourth-order valence-corrected chi connectivity index (χ4v) is 3.40. The van der Waals surface area contributed by atoms with E-state index in [1.807, 2.05) is 12.1 Å². The van der Waals surface area contributed by atoms with E-state index in [9.17, 15) is 4.79 Å². The first kappa shape index (κ1) is 16.0. The predicted octanol–water partition coefficient (Wildman–Crippen LogP) is 0.553. The van der Waals surface area contributed by atoms with Gasteiger partial charge >= 0.3 is 0 Å². The van der Waals surface area contributed by atoms with Crippen LogP contribution in [-0.4, -0.2) is 53.6 Å². The molecule has 7 nitrogen and oxygen atoms in total. The minimum absolute atomic E-state index is 0.110. The van der Waals surface area contributed by atoms with Crippen molar-refractivity contribution >= 4 is 11.7 Å². The molecule has 0 aliphatic carbocycles. The van der Waals surface area contributed by atoms with Crippen LogP contribution < -0.4 is 15.5 Å². The van der Waals surface area contributed by atoms with Gasteiger partial charge in [0.1, 0.15) is 5.82 Å². The van der Waals surface area contributed by atoms with Crippen LogP contribution in [0.4, 0.5) is 5.82 Å². The third kappa shape index (κ3) is 3.46. The Morgan fingerprint density at radius 2 is 1.80 bits per heavy atom. The largest absolute Gasteiger partial charge is 0.354 e. The molecule has 1 amide bonds. The van der Waals surface area contributed by atoms with E-state index in [-0.39, 0.29) is 5.91 Å². The first-order chi connectivity index (χ1) is 12.3. The maximum atomic E-state index is 11.7. The second kappa shape index (κ2) is 7.14. The molecule has 0 radical (unpaired) electrons. The summed E-state index contributed by atoms with van der Waals surface area (Å²) >= 11 is 0. The Hall–Kier alpha value is -2.54. The first-order valence-corrected chi connectivity index (χ1v) is 8.84. The van der Waals surface area contributed by atoms with Gasteiger partial charge in [0.05, 0.1) is 5.69 Å². The van der Waals surface area contributed by atoms with Crippen LogP contribution in [0.15, 0.2) is 24.5 Å². The Labute approximate surface area is 146 Å². The smallest absolute Gasteiger partial charge is 0.221 e. The van der Waals surface area contributed by atoms with Crippen molar-refractivity contribution in [2.24, 2.45) is 0 Å². The standard InChI is InChI=1S/C18H22N6O/c25-16-5-11-24(12-10-21-16)18-14-3-8-20-9-4-15(14)22-17(23-18)13-1-6-19-7-2-13/h1-2,6-7,20H,3-5,8-12H2,(H,21,25). The zero-order chi connectivity index (χ0) is 17.1. The van der Waals surface area contributed by atoms with Crippen LogP contribution in [0.1, 0.15) is 17.7 Å². The number of rotatable bonds is 2. The molecule has 1 fully saturated rings. The maximum absolute atomic E-state index is 11.7. The van der Waals surface area contributed by atoms with E-state index in [2.05, 4.69) is 20.5 Å². The van der Waals surface area contributed by atoms with E-state index in [0.717, 1.165) is 55.4 Å². The lowest BCUT2D eigenvalue weighted by molar-refractivity contribution is -0.120. The molecule has 0 atom stereocenters. The number of aromatic nitrogens is 3. The zero-order valence-electron chi connectivity index (χ0n) is 14.2. The van der Waals surface area contributed by atoms with Gasteiger partial charge in [0, 0.05) is 62.5 Å². The topological polar surface area (TPSA) is 83.0 Å². The van der Waals surface area contributed by atoms with Gasteiger partial charge in [-0.2, -0.15) is 0 Å². The number of nitrogens with zero attached hydrogens (tertiary/aromatic N) is 4. The van der Waals surface area contributed by atoms with Crippen LogP contribution in [0.5, 0.6) is 0 Å². The summed E-state index contributed by atoms with van der Waals surface area (Å²) in [6.45, 7) is 3.99. The van der Waals surface area contributed by atoms with Crippen molar-refractivity contribution in [3.63, 3.8) is 0 Å². The van der Waals surface area contributed by atoms with Crippen molar-refractivity contribution in [3.8, 4) is 11.4 Å². The molecule has 2 aromatic rings. The normalized spacial score (nSPS) is 18.1. The Balaban J connectivity index is 1.79. The summed E-state index contributed by atoms with van der Waals surface area (Å²) in [6, 6.07) is 3.88. The summed E-state index contributed by atoms with van der Waals surface area (Å²) in [5, 5.41) is 6.38. The summed E-state index contributed by atoms with van der Waals surface area (Å²) in [5.74, 6) is 1.83. The Morgan fingerprint density at radius 1 is 0.960 bits per heavy atom. The molecule has 2 aliphatic rings. The van der Waals surface area contributed by atoms with Gasteiger partial charge in [0.2, 0.25) is 5.91 Å². The number of carbonyl (C=O) groups is 1. The summed E-state index contributed by atoms with van der Waals surface area (Å²) in [4.78, 5) is 27.8. The molecule has 130 valence electrons. The fraction of sp³-hybridized carbons (Fsp3) is 0.444. The van der Waals surface area contributed by atoms with Crippen LogP contribution in [0.3, 0.4) is 0 Å². The van der Waals surface area contributed by atoms with Gasteiger partial charge in [-0.25, -0.2) is 9.97 Å². The lowest BCUT2D eigenvalue weighted by Crippen LogP contribution is -2.30. The van der Waals surface area contributed by atoms with Crippen LogP contribution >= 0.6 is 0 Å². The van der Waals surface area contributed by atoms with Gasteiger partial charge < -0.3 is 15.5 Å². The van der Waals surface area contributed by atoms with E-state index in [0.29, 0.717) is 19.5 Å². The molecule has 0 aromatic carbocycles. The average molecular weight is 338 g/mol. The highest BCUT2D eigenvalue weighted by Gasteiger charge is 2.23. The molecule has 2 aromatic heterocycles. The van der Waals surface area contributed by atoms with Crippen molar-refractivity contribution in [2.45, 2.75) is 19.3 Å². The summed E-state index contributed by atoms with van der Waals surface area (Å²) in [6.07, 6.45) is 5.84. The Bertz CT molecular complexity index is 764. The number of pyridine rings is 1. The highest BCUT2D eigenvalue weighted by atomic mass is 16.1. The highest BCUT2D eigenvalue weighted by Crippen LogP contribution is 2.27. The molecule has 7 heteroatoms. The van der Waals surface area contributed by atoms with E-state index in [1.165, 1.54) is 5.56 Å². The van der Waals surface area contributed by atoms with Gasteiger partial charge in [0.25, 0.3) is 0 Å². The fourth-order valence-electron chi connectivity index (χ4n) is 3.40. The minimum Gasteiger partial charge on any atom is -0.354 e. The summed E-state index contributed by atoms with van der Waals surface area (Å²) < 4.78 is 0. The van der Waals surface area contributed by atoms with Crippen molar-refractivity contribution in [1.29, 1.82) is 0 Å². The molecule has 4 rings (SSSR count). The van der Waals surface area contributed by atoms with Crippen LogP contribution in [0, 0.1) is 0 Å². The minimum atomic E-state index is 0.110. The second-order valence-electron chi connectivity index (χ2n) is 6.37. The van der Waals surface area contributed by atoms with E-state index in [4.69, 9.17) is 9.97 Å². The second-order valence-corrected chi connectivity index (χ2v) is 6.37. The molecule has 0 unspecified atom stereocenters. The molecule has 0 bridgehead atoms. The lowest BCUT2D eigenvalue weighted by Gasteiger charge is -2.25. The van der Waals surface area contributed by atoms with Crippen LogP contribution in [0.2, 0.25) is 0 Å². The zero-order valence-corrected chi connectivity index (χ0v) is 14.2. The van der Waals surface area contributed by atoms with E-state index >= 15 is 0 Å². The van der Waals surface area contributed by atoms with Crippen molar-refractivity contribution < 1.29 is 4.79 Å². The maximum Gasteiger partial charge on any atom is 0.221 e. The van der Waals surface area contributed by atoms with Gasteiger partial charge in [-0.3, -0.25) is 9.78 Å². The Morgan fingerprint density at radius 3 is 2.68 bits per heavy atom. The van der Waals surface area contributed by atoms with Gasteiger partial charge in [-0.15, -0.1) is 0 Å². The number of fused-ring (bicyclic) bond motifs is 1. The van der Waals surface area contributed by atoms with Crippen LogP contribution in [-0.2, 0) is 17.6 Å². The number of anilines is 1. The number of hydrogen-bond donors (Lipinski definition) is 2. The van der Waals surface area contributed by atoms with Crippen LogP contribution in [0.25, 0.3) is 11.4 Å². The van der Waals surface area contributed by atoms with E-state index in [1.54, 1.807) is 12.4 Å².